The van der Waals surface area contributed by atoms with Crippen LogP contribution in [0.5, 0.6) is 0 Å². The number of fused-ring (bicyclic) bond motifs is 5. The number of halogens is 1. The van der Waals surface area contributed by atoms with Crippen molar-refractivity contribution in [2.75, 3.05) is 11.5 Å². The van der Waals surface area contributed by atoms with Gasteiger partial charge in [0.05, 0.1) is 23.1 Å². The second-order valence-electron chi connectivity index (χ2n) is 10.0. The molecule has 3 aliphatic rings. The molecule has 3 fully saturated rings. The molecule has 37 heavy (non-hydrogen) atoms. The molecule has 6 rings (SSSR count). The number of amides is 2. The van der Waals surface area contributed by atoms with Gasteiger partial charge in [-0.1, -0.05) is 30.3 Å². The summed E-state index contributed by atoms with van der Waals surface area (Å²) in [5.41, 5.74) is 2.09. The Balaban J connectivity index is 1.13. The van der Waals surface area contributed by atoms with Gasteiger partial charge in [-0.15, -0.1) is 0 Å². The average molecular weight is 498 g/mol. The summed E-state index contributed by atoms with van der Waals surface area (Å²) in [5, 5.41) is 0. The number of carbonyl (C=O) groups is 4. The number of imide groups is 1. The summed E-state index contributed by atoms with van der Waals surface area (Å²) < 4.78 is 18.1. The lowest BCUT2D eigenvalue weighted by molar-refractivity contribution is -0.123. The van der Waals surface area contributed by atoms with E-state index >= 15 is 0 Å². The Labute approximate surface area is 213 Å². The number of ketones is 1. The standard InChI is InChI=1S/C30H24FNO5/c31-21-10-6-18(7-11-21)25(33)16-37-30(36)19-8-12-22(13-9-19)32-28(34)26-20-14-23(17-4-2-1-3-5-17)24(15-20)27(26)29(32)35/h1-13,20,23-24,26-27H,14-16H2/t20-,23+,24+,26-,27-/m1/s1. The largest absolute Gasteiger partial charge is 0.454 e. The van der Waals surface area contributed by atoms with Crippen LogP contribution in [0.15, 0.2) is 78.9 Å². The number of nitrogens with zero attached hydrogens (tertiary/aromatic N) is 1. The van der Waals surface area contributed by atoms with Crippen LogP contribution in [-0.4, -0.2) is 30.2 Å². The van der Waals surface area contributed by atoms with Crippen LogP contribution in [-0.2, 0) is 14.3 Å². The molecule has 0 spiro atoms. The lowest BCUT2D eigenvalue weighted by atomic mass is 9.73. The summed E-state index contributed by atoms with van der Waals surface area (Å²) in [6.45, 7) is -0.482. The molecule has 0 radical (unpaired) electrons. The van der Waals surface area contributed by atoms with Gasteiger partial charge in [-0.05, 0) is 84.7 Å². The lowest BCUT2D eigenvalue weighted by Gasteiger charge is -2.28. The van der Waals surface area contributed by atoms with E-state index < -0.39 is 24.2 Å². The summed E-state index contributed by atoms with van der Waals surface area (Å²) in [7, 11) is 0. The SMILES string of the molecule is O=C(COC(=O)c1ccc(N2C(=O)[C@@H]3[C@H]4C[C@H]([C@H]3C2=O)[C@H](c2ccccc2)C4)cc1)c1ccc(F)cc1. The van der Waals surface area contributed by atoms with Crippen LogP contribution in [0, 0.1) is 29.5 Å². The molecule has 3 aromatic carbocycles. The van der Waals surface area contributed by atoms with Crippen LogP contribution in [0.25, 0.3) is 0 Å². The molecule has 5 atom stereocenters. The van der Waals surface area contributed by atoms with Gasteiger partial charge in [-0.2, -0.15) is 0 Å². The quantitative estimate of drug-likeness (QED) is 0.278. The minimum absolute atomic E-state index is 0.158. The molecule has 1 heterocycles. The van der Waals surface area contributed by atoms with Crippen molar-refractivity contribution in [3.8, 4) is 0 Å². The number of rotatable bonds is 6. The monoisotopic (exact) mass is 497 g/mol. The van der Waals surface area contributed by atoms with Crippen molar-refractivity contribution in [3.05, 3.63) is 101 Å². The maximum absolute atomic E-state index is 13.5. The predicted molar refractivity (Wildman–Crippen MR) is 132 cm³/mol. The molecule has 2 amide bonds. The van der Waals surface area contributed by atoms with Crippen molar-refractivity contribution in [3.63, 3.8) is 0 Å². The number of hydrogen-bond donors (Lipinski definition) is 0. The third-order valence-electron chi connectivity index (χ3n) is 8.11. The molecule has 3 aromatic rings. The fraction of sp³-hybridized carbons (Fsp3) is 0.267. The Morgan fingerprint density at radius 3 is 2.16 bits per heavy atom. The molecule has 1 saturated heterocycles. The van der Waals surface area contributed by atoms with E-state index in [1.165, 1.54) is 34.7 Å². The maximum atomic E-state index is 13.5. The number of benzene rings is 3. The van der Waals surface area contributed by atoms with E-state index in [4.69, 9.17) is 4.74 Å². The fourth-order valence-electron chi connectivity index (χ4n) is 6.48. The molecule has 0 N–H and O–H groups in total. The van der Waals surface area contributed by atoms with Crippen molar-refractivity contribution in [1.29, 1.82) is 0 Å². The van der Waals surface area contributed by atoms with Crippen molar-refractivity contribution in [2.24, 2.45) is 23.7 Å². The van der Waals surface area contributed by atoms with Crippen molar-refractivity contribution in [2.45, 2.75) is 18.8 Å². The molecular weight excluding hydrogens is 473 g/mol. The minimum atomic E-state index is -0.707. The summed E-state index contributed by atoms with van der Waals surface area (Å²) in [6, 6.07) is 21.3. The van der Waals surface area contributed by atoms with Crippen LogP contribution in [0.1, 0.15) is 45.0 Å². The Morgan fingerprint density at radius 1 is 0.811 bits per heavy atom. The molecule has 2 saturated carbocycles. The average Bonchev–Trinajstić information content (AvgIpc) is 3.59. The first-order valence-electron chi connectivity index (χ1n) is 12.4. The molecular formula is C30H24FNO5. The van der Waals surface area contributed by atoms with Crippen LogP contribution in [0.3, 0.4) is 0 Å². The molecule has 0 unspecified atom stereocenters. The molecule has 0 aromatic heterocycles. The first-order chi connectivity index (χ1) is 17.9. The van der Waals surface area contributed by atoms with E-state index in [2.05, 4.69) is 12.1 Å². The van der Waals surface area contributed by atoms with Gasteiger partial charge in [0.2, 0.25) is 11.8 Å². The van der Waals surface area contributed by atoms with Gasteiger partial charge in [0.25, 0.3) is 0 Å². The molecule has 7 heteroatoms. The number of anilines is 1. The van der Waals surface area contributed by atoms with Crippen LogP contribution < -0.4 is 4.90 Å². The van der Waals surface area contributed by atoms with Crippen LogP contribution in [0.4, 0.5) is 10.1 Å². The summed E-state index contributed by atoms with van der Waals surface area (Å²) in [6.07, 6.45) is 1.83. The smallest absolute Gasteiger partial charge is 0.338 e. The van der Waals surface area contributed by atoms with Gasteiger partial charge in [0, 0.05) is 5.56 Å². The lowest BCUT2D eigenvalue weighted by Crippen LogP contribution is -2.33. The highest BCUT2D eigenvalue weighted by atomic mass is 19.1. The second-order valence-corrected chi connectivity index (χ2v) is 10.0. The van der Waals surface area contributed by atoms with Crippen molar-refractivity contribution >= 4 is 29.3 Å². The van der Waals surface area contributed by atoms with Gasteiger partial charge in [-0.25, -0.2) is 9.18 Å². The molecule has 2 bridgehead atoms. The van der Waals surface area contributed by atoms with Crippen LogP contribution >= 0.6 is 0 Å². The number of Topliss-reactive ketones (excluding diaryl/α,β-unsaturated/α-hetero) is 1. The van der Waals surface area contributed by atoms with E-state index in [0.29, 0.717) is 11.6 Å². The predicted octanol–water partition coefficient (Wildman–Crippen LogP) is 4.79. The third kappa shape index (κ3) is 3.95. The van der Waals surface area contributed by atoms with E-state index in [-0.39, 0.29) is 46.6 Å². The first kappa shape index (κ1) is 23.3. The van der Waals surface area contributed by atoms with E-state index in [0.717, 1.165) is 25.0 Å². The Bertz CT molecular complexity index is 1390. The van der Waals surface area contributed by atoms with Crippen LogP contribution in [0.2, 0.25) is 0 Å². The van der Waals surface area contributed by atoms with Crippen molar-refractivity contribution < 1.29 is 28.3 Å². The van der Waals surface area contributed by atoms with Gasteiger partial charge < -0.3 is 4.74 Å². The second kappa shape index (κ2) is 9.07. The number of hydrogen-bond acceptors (Lipinski definition) is 5. The number of ether oxygens (including phenoxy) is 1. The highest BCUT2D eigenvalue weighted by molar-refractivity contribution is 6.22. The Morgan fingerprint density at radius 2 is 1.46 bits per heavy atom. The zero-order valence-electron chi connectivity index (χ0n) is 19.9. The highest BCUT2D eigenvalue weighted by Gasteiger charge is 2.64. The van der Waals surface area contributed by atoms with Gasteiger partial charge in [0.1, 0.15) is 5.82 Å². The van der Waals surface area contributed by atoms with Gasteiger partial charge in [-0.3, -0.25) is 19.3 Å². The summed E-state index contributed by atoms with van der Waals surface area (Å²) in [4.78, 5) is 52.7. The van der Waals surface area contributed by atoms with E-state index in [1.54, 1.807) is 12.1 Å². The zero-order chi connectivity index (χ0) is 25.7. The van der Waals surface area contributed by atoms with E-state index in [1.807, 2.05) is 18.2 Å². The molecule has 2 aliphatic carbocycles. The van der Waals surface area contributed by atoms with Gasteiger partial charge >= 0.3 is 5.97 Å². The maximum Gasteiger partial charge on any atom is 0.338 e. The number of esters is 1. The molecule has 6 nitrogen and oxygen atoms in total. The molecule has 186 valence electrons. The number of carbonyl (C=O) groups excluding carboxylic acids is 4. The third-order valence-corrected chi connectivity index (χ3v) is 8.11. The zero-order valence-corrected chi connectivity index (χ0v) is 19.9. The first-order valence-corrected chi connectivity index (χ1v) is 12.4. The normalized spacial score (nSPS) is 25.9. The summed E-state index contributed by atoms with van der Waals surface area (Å²) >= 11 is 0. The van der Waals surface area contributed by atoms with E-state index in [9.17, 15) is 23.6 Å². The minimum Gasteiger partial charge on any atom is -0.454 e. The Hall–Kier alpha value is -4.13. The topological polar surface area (TPSA) is 80.8 Å². The highest BCUT2D eigenvalue weighted by Crippen LogP contribution is 2.61. The fourth-order valence-corrected chi connectivity index (χ4v) is 6.48. The molecule has 1 aliphatic heterocycles. The van der Waals surface area contributed by atoms with Gasteiger partial charge in [0.15, 0.2) is 12.4 Å². The Kier molecular flexibility index (Phi) is 5.71. The summed E-state index contributed by atoms with van der Waals surface area (Å²) in [5.74, 6) is -1.87. The van der Waals surface area contributed by atoms with Crippen molar-refractivity contribution in [1.82, 2.24) is 0 Å².